The number of fused-ring (bicyclic) bond motifs is 3. The van der Waals surface area contributed by atoms with Gasteiger partial charge in [-0.2, -0.15) is 13.2 Å². The normalized spacial score (nSPS) is 16.0. The van der Waals surface area contributed by atoms with Gasteiger partial charge in [-0.05, 0) is 73.5 Å². The van der Waals surface area contributed by atoms with Gasteiger partial charge in [0.25, 0.3) is 5.91 Å². The highest BCUT2D eigenvalue weighted by Crippen LogP contribution is 2.51. The van der Waals surface area contributed by atoms with Crippen molar-refractivity contribution in [3.63, 3.8) is 0 Å². The predicted molar refractivity (Wildman–Crippen MR) is 174 cm³/mol. The largest absolute Gasteiger partial charge is 0.405 e. The highest BCUT2D eigenvalue weighted by molar-refractivity contribution is 6.33. The molecule has 48 heavy (non-hydrogen) atoms. The third kappa shape index (κ3) is 6.58. The van der Waals surface area contributed by atoms with Crippen LogP contribution < -0.4 is 10.6 Å². The van der Waals surface area contributed by atoms with Gasteiger partial charge in [0.15, 0.2) is 0 Å². The van der Waals surface area contributed by atoms with Crippen molar-refractivity contribution < 1.29 is 31.7 Å². The highest BCUT2D eigenvalue weighted by Gasteiger charge is 2.49. The summed E-state index contributed by atoms with van der Waals surface area (Å²) < 4.78 is 59.4. The summed E-state index contributed by atoms with van der Waals surface area (Å²) in [6.45, 7) is 2.39. The van der Waals surface area contributed by atoms with Crippen LogP contribution in [0, 0.1) is 12.7 Å². The second-order valence-electron chi connectivity index (χ2n) is 12.4. The quantitative estimate of drug-likeness (QED) is 0.134. The number of carbonyl (C=O) groups is 2. The first-order valence-corrected chi connectivity index (χ1v) is 16.4. The molecule has 1 aromatic heterocycles. The van der Waals surface area contributed by atoms with Crippen LogP contribution >= 0.6 is 11.6 Å². The fraction of sp³-hybridized carbons (Fsp3) is 0.361. The lowest BCUT2D eigenvalue weighted by molar-refractivity contribution is -0.141. The van der Waals surface area contributed by atoms with Crippen LogP contribution in [0.4, 0.5) is 17.6 Å². The molecule has 12 heteroatoms. The van der Waals surface area contributed by atoms with Crippen molar-refractivity contribution in [2.75, 3.05) is 26.2 Å². The number of hydrogen-bond acceptors (Lipinski definition) is 5. The van der Waals surface area contributed by atoms with E-state index in [1.54, 1.807) is 6.92 Å². The number of rotatable bonds is 10. The van der Waals surface area contributed by atoms with Gasteiger partial charge in [-0.15, -0.1) is 0 Å². The van der Waals surface area contributed by atoms with Crippen LogP contribution in [0.25, 0.3) is 22.4 Å². The summed E-state index contributed by atoms with van der Waals surface area (Å²) in [5.41, 5.74) is 2.18. The predicted octanol–water partition coefficient (Wildman–Crippen LogP) is 7.45. The van der Waals surface area contributed by atoms with Crippen molar-refractivity contribution in [2.24, 2.45) is 0 Å². The average Bonchev–Trinajstić information content (AvgIpc) is 3.58. The smallest absolute Gasteiger partial charge is 0.360 e. The molecule has 2 heterocycles. The van der Waals surface area contributed by atoms with Gasteiger partial charge in [0, 0.05) is 19.1 Å². The minimum Gasteiger partial charge on any atom is -0.360 e. The second-order valence-corrected chi connectivity index (χ2v) is 12.8. The number of nitrogens with zero attached hydrogens (tertiary/aromatic N) is 2. The molecular weight excluding hydrogens is 648 g/mol. The summed E-state index contributed by atoms with van der Waals surface area (Å²) in [6.07, 6.45) is -1.42. The maximum absolute atomic E-state index is 14.6. The molecule has 2 aliphatic rings. The summed E-state index contributed by atoms with van der Waals surface area (Å²) in [6, 6.07) is 19.0. The fourth-order valence-electron chi connectivity index (χ4n) is 7.10. The van der Waals surface area contributed by atoms with Gasteiger partial charge in [-0.3, -0.25) is 9.59 Å². The number of piperidine rings is 1. The van der Waals surface area contributed by atoms with E-state index >= 15 is 0 Å². The number of alkyl halides is 3. The Balaban J connectivity index is 1.07. The molecule has 0 bridgehead atoms. The van der Waals surface area contributed by atoms with Crippen LogP contribution in [0.3, 0.4) is 0 Å². The maximum atomic E-state index is 14.6. The Morgan fingerprint density at radius 1 is 0.979 bits per heavy atom. The van der Waals surface area contributed by atoms with E-state index in [9.17, 15) is 27.2 Å². The van der Waals surface area contributed by atoms with E-state index in [1.165, 1.54) is 18.2 Å². The Morgan fingerprint density at radius 2 is 1.62 bits per heavy atom. The van der Waals surface area contributed by atoms with Crippen molar-refractivity contribution in [1.29, 1.82) is 0 Å². The number of aromatic nitrogens is 1. The van der Waals surface area contributed by atoms with Crippen molar-refractivity contribution >= 4 is 23.4 Å². The summed E-state index contributed by atoms with van der Waals surface area (Å²) in [7, 11) is 0. The molecule has 2 N–H and O–H groups in total. The van der Waals surface area contributed by atoms with Crippen molar-refractivity contribution in [1.82, 2.24) is 20.7 Å². The van der Waals surface area contributed by atoms with Crippen LogP contribution in [-0.4, -0.2) is 60.3 Å². The lowest BCUT2D eigenvalue weighted by atomic mass is 9.73. The Bertz CT molecular complexity index is 1750. The van der Waals surface area contributed by atoms with Crippen molar-refractivity contribution in [3.05, 3.63) is 100 Å². The number of benzene rings is 3. The molecule has 0 atom stereocenters. The van der Waals surface area contributed by atoms with Crippen LogP contribution in [0.1, 0.15) is 59.3 Å². The molecule has 6 rings (SSSR count). The molecule has 7 nitrogen and oxygen atoms in total. The lowest BCUT2D eigenvalue weighted by Crippen LogP contribution is -2.47. The number of amides is 2. The Labute approximate surface area is 280 Å². The number of carbonyl (C=O) groups excluding carboxylic acids is 2. The molecule has 4 aromatic rings. The van der Waals surface area contributed by atoms with E-state index in [1.807, 2.05) is 48.5 Å². The van der Waals surface area contributed by atoms with Crippen LogP contribution in [-0.2, 0) is 10.2 Å². The number of likely N-dealkylation sites (tertiary alicyclic amines) is 1. The standard InChI is InChI=1S/C36H35ClF4N4O3/c1-22-30(32(44-48-22)31-28(37)13-8-14-29(31)38)33(46)43-23-15-19-45(20-16-23)18-7-6-17-35(34(47)42-21-36(39,40)41)26-11-4-2-9-24(26)25-10-3-5-12-27(25)35/h2-5,8-14,23H,6-7,15-21H2,1H3,(H,42,47)(H,43,46). The first-order valence-electron chi connectivity index (χ1n) is 16.0. The molecular formula is C36H35ClF4N4O3. The first-order chi connectivity index (χ1) is 23.0. The Hall–Kier alpha value is -4.22. The SMILES string of the molecule is Cc1onc(-c2c(F)cccc2Cl)c1C(=O)NC1CCN(CCCCC2(C(=O)NCC(F)(F)F)c3ccccc3-c3ccccc32)CC1. The molecule has 0 unspecified atom stereocenters. The summed E-state index contributed by atoms with van der Waals surface area (Å²) in [4.78, 5) is 29.3. The molecule has 1 fully saturated rings. The van der Waals surface area contributed by atoms with Gasteiger partial charge in [0.2, 0.25) is 5.91 Å². The van der Waals surface area contributed by atoms with Crippen LogP contribution in [0.15, 0.2) is 71.3 Å². The molecule has 0 radical (unpaired) electrons. The van der Waals surface area contributed by atoms with Gasteiger partial charge >= 0.3 is 6.18 Å². The molecule has 252 valence electrons. The number of halogens is 5. The average molecular weight is 683 g/mol. The van der Waals surface area contributed by atoms with Crippen LogP contribution in [0.2, 0.25) is 5.02 Å². The van der Waals surface area contributed by atoms with Crippen molar-refractivity contribution in [2.45, 2.75) is 56.7 Å². The molecule has 1 aliphatic heterocycles. The first kappa shape index (κ1) is 33.7. The topological polar surface area (TPSA) is 87.5 Å². The zero-order valence-corrected chi connectivity index (χ0v) is 27.1. The second kappa shape index (κ2) is 13.7. The van der Waals surface area contributed by atoms with E-state index in [2.05, 4.69) is 20.7 Å². The summed E-state index contributed by atoms with van der Waals surface area (Å²) in [5.74, 6) is -1.39. The lowest BCUT2D eigenvalue weighted by Gasteiger charge is -2.33. The van der Waals surface area contributed by atoms with E-state index in [0.29, 0.717) is 25.7 Å². The number of nitrogens with one attached hydrogen (secondary N) is 2. The van der Waals surface area contributed by atoms with Crippen LogP contribution in [0.5, 0.6) is 0 Å². The van der Waals surface area contributed by atoms with E-state index < -0.39 is 35.8 Å². The third-order valence-corrected chi connectivity index (χ3v) is 9.70. The minimum absolute atomic E-state index is 0.0141. The molecule has 0 saturated carbocycles. The molecule has 1 saturated heterocycles. The number of aryl methyl sites for hydroxylation is 1. The fourth-order valence-corrected chi connectivity index (χ4v) is 7.36. The number of hydrogen-bond donors (Lipinski definition) is 2. The van der Waals surface area contributed by atoms with Gasteiger partial charge in [-0.25, -0.2) is 4.39 Å². The minimum atomic E-state index is -4.52. The zero-order valence-electron chi connectivity index (χ0n) is 26.3. The van der Waals surface area contributed by atoms with Gasteiger partial charge in [0.1, 0.15) is 34.8 Å². The highest BCUT2D eigenvalue weighted by atomic mass is 35.5. The van der Waals surface area contributed by atoms with E-state index in [-0.39, 0.29) is 33.6 Å². The van der Waals surface area contributed by atoms with Gasteiger partial charge in [-0.1, -0.05) is 77.8 Å². The van der Waals surface area contributed by atoms with Crippen molar-refractivity contribution in [3.8, 4) is 22.4 Å². The summed E-state index contributed by atoms with van der Waals surface area (Å²) in [5, 5.41) is 9.27. The summed E-state index contributed by atoms with van der Waals surface area (Å²) >= 11 is 6.23. The Kier molecular flexibility index (Phi) is 9.62. The van der Waals surface area contributed by atoms with E-state index in [0.717, 1.165) is 48.3 Å². The molecule has 3 aromatic carbocycles. The maximum Gasteiger partial charge on any atom is 0.405 e. The third-order valence-electron chi connectivity index (χ3n) is 9.39. The van der Waals surface area contributed by atoms with E-state index in [4.69, 9.17) is 16.1 Å². The Morgan fingerprint density at radius 3 is 2.25 bits per heavy atom. The van der Waals surface area contributed by atoms with Gasteiger partial charge in [0.05, 0.1) is 10.6 Å². The monoisotopic (exact) mass is 682 g/mol. The van der Waals surface area contributed by atoms with Gasteiger partial charge < -0.3 is 20.1 Å². The zero-order chi connectivity index (χ0) is 34.1. The molecule has 0 spiro atoms. The number of unbranched alkanes of at least 4 members (excludes halogenated alkanes) is 1. The molecule has 1 aliphatic carbocycles. The molecule has 2 amide bonds.